The van der Waals surface area contributed by atoms with E-state index in [2.05, 4.69) is 17.2 Å². The van der Waals surface area contributed by atoms with Crippen LogP contribution in [0.2, 0.25) is 10.0 Å². The molecule has 0 unspecified atom stereocenters. The summed E-state index contributed by atoms with van der Waals surface area (Å²) in [5, 5.41) is 5.81. The average molecular weight is 317 g/mol. The third kappa shape index (κ3) is 5.50. The van der Waals surface area contributed by atoms with Gasteiger partial charge < -0.3 is 15.4 Å². The Morgan fingerprint density at radius 2 is 1.95 bits per heavy atom. The normalized spacial score (nSPS) is 9.70. The molecule has 5 nitrogen and oxygen atoms in total. The minimum Gasteiger partial charge on any atom is -0.445 e. The Morgan fingerprint density at radius 1 is 1.25 bits per heavy atom. The molecular weight excluding hydrogens is 303 g/mol. The first-order chi connectivity index (χ1) is 9.54. The number of halogens is 2. The van der Waals surface area contributed by atoms with Crippen LogP contribution in [0, 0.1) is 0 Å². The second kappa shape index (κ2) is 8.45. The van der Waals surface area contributed by atoms with Crippen LogP contribution in [-0.4, -0.2) is 31.7 Å². The molecule has 2 amide bonds. The summed E-state index contributed by atoms with van der Waals surface area (Å²) in [5.74, 6) is -0.362. The Kier molecular flexibility index (Phi) is 6.90. The molecule has 0 fully saturated rings. The molecule has 0 saturated heterocycles. The second-order valence-corrected chi connectivity index (χ2v) is 4.54. The number of hydrogen-bond donors (Lipinski definition) is 2. The van der Waals surface area contributed by atoms with Crippen molar-refractivity contribution in [3.05, 3.63) is 46.5 Å². The molecule has 0 heterocycles. The number of alkyl carbamates (subject to hydrolysis) is 1. The van der Waals surface area contributed by atoms with Crippen LogP contribution < -0.4 is 10.6 Å². The lowest BCUT2D eigenvalue weighted by molar-refractivity contribution is 0.0952. The largest absolute Gasteiger partial charge is 0.445 e. The van der Waals surface area contributed by atoms with Gasteiger partial charge in [0.1, 0.15) is 6.61 Å². The van der Waals surface area contributed by atoms with Gasteiger partial charge in [0, 0.05) is 18.1 Å². The van der Waals surface area contributed by atoms with Crippen LogP contribution in [0.5, 0.6) is 0 Å². The molecule has 7 heteroatoms. The van der Waals surface area contributed by atoms with Crippen molar-refractivity contribution in [1.29, 1.82) is 0 Å². The highest BCUT2D eigenvalue weighted by Crippen LogP contribution is 2.20. The van der Waals surface area contributed by atoms with Crippen LogP contribution in [-0.2, 0) is 4.74 Å². The Bertz CT molecular complexity index is 506. The first-order valence-corrected chi connectivity index (χ1v) is 6.55. The van der Waals surface area contributed by atoms with Gasteiger partial charge in [-0.1, -0.05) is 35.9 Å². The Morgan fingerprint density at radius 3 is 2.65 bits per heavy atom. The van der Waals surface area contributed by atoms with Gasteiger partial charge in [-0.05, 0) is 18.2 Å². The van der Waals surface area contributed by atoms with E-state index in [4.69, 9.17) is 27.9 Å². The number of amides is 2. The predicted octanol–water partition coefficient (Wildman–Crippen LogP) is 2.64. The maximum absolute atomic E-state index is 11.8. The summed E-state index contributed by atoms with van der Waals surface area (Å²) in [6.07, 6.45) is 0.891. The van der Waals surface area contributed by atoms with E-state index in [0.29, 0.717) is 10.0 Å². The van der Waals surface area contributed by atoms with E-state index in [1.54, 1.807) is 12.1 Å². The van der Waals surface area contributed by atoms with Gasteiger partial charge in [-0.2, -0.15) is 0 Å². The summed E-state index contributed by atoms with van der Waals surface area (Å²) < 4.78 is 4.70. The first kappa shape index (κ1) is 16.3. The second-order valence-electron chi connectivity index (χ2n) is 3.69. The number of hydrogen-bond acceptors (Lipinski definition) is 3. The first-order valence-electron chi connectivity index (χ1n) is 5.79. The van der Waals surface area contributed by atoms with Crippen molar-refractivity contribution in [3.8, 4) is 0 Å². The van der Waals surface area contributed by atoms with E-state index < -0.39 is 6.09 Å². The zero-order chi connectivity index (χ0) is 15.0. The summed E-state index contributed by atoms with van der Waals surface area (Å²) in [5.41, 5.74) is 0.286. The van der Waals surface area contributed by atoms with Crippen molar-refractivity contribution in [1.82, 2.24) is 10.6 Å². The average Bonchev–Trinajstić information content (AvgIpc) is 2.43. The van der Waals surface area contributed by atoms with Gasteiger partial charge in [-0.25, -0.2) is 4.79 Å². The van der Waals surface area contributed by atoms with Gasteiger partial charge in [-0.3, -0.25) is 4.79 Å². The van der Waals surface area contributed by atoms with E-state index >= 15 is 0 Å². The summed E-state index contributed by atoms with van der Waals surface area (Å²) in [4.78, 5) is 22.9. The Labute approximate surface area is 126 Å². The molecule has 0 saturated carbocycles. The number of ether oxygens (including phenoxy) is 1. The Hall–Kier alpha value is -1.72. The highest BCUT2D eigenvalue weighted by molar-refractivity contribution is 6.35. The minimum atomic E-state index is -0.570. The fourth-order valence-corrected chi connectivity index (χ4v) is 1.67. The van der Waals surface area contributed by atoms with Crippen LogP contribution in [0.25, 0.3) is 0 Å². The van der Waals surface area contributed by atoms with Crippen molar-refractivity contribution >= 4 is 35.2 Å². The van der Waals surface area contributed by atoms with Crippen molar-refractivity contribution in [2.24, 2.45) is 0 Å². The lowest BCUT2D eigenvalue weighted by Gasteiger charge is -2.08. The molecule has 0 aliphatic rings. The van der Waals surface area contributed by atoms with Gasteiger partial charge in [0.15, 0.2) is 0 Å². The van der Waals surface area contributed by atoms with E-state index in [1.165, 1.54) is 12.1 Å². The maximum Gasteiger partial charge on any atom is 0.407 e. The molecule has 1 aromatic rings. The van der Waals surface area contributed by atoms with Gasteiger partial charge in [0.2, 0.25) is 0 Å². The number of rotatable bonds is 6. The van der Waals surface area contributed by atoms with Crippen LogP contribution in [0.15, 0.2) is 30.9 Å². The molecule has 108 valence electrons. The summed E-state index contributed by atoms with van der Waals surface area (Å²) in [6, 6.07) is 4.62. The van der Waals surface area contributed by atoms with Gasteiger partial charge >= 0.3 is 6.09 Å². The van der Waals surface area contributed by atoms with Crippen molar-refractivity contribution in [2.75, 3.05) is 19.7 Å². The fraction of sp³-hybridized carbons (Fsp3) is 0.231. The van der Waals surface area contributed by atoms with Crippen molar-refractivity contribution in [3.63, 3.8) is 0 Å². The van der Waals surface area contributed by atoms with Crippen LogP contribution in [0.1, 0.15) is 10.4 Å². The number of carbonyl (C=O) groups is 2. The zero-order valence-electron chi connectivity index (χ0n) is 10.6. The van der Waals surface area contributed by atoms with Gasteiger partial charge in [0.05, 0.1) is 10.6 Å². The van der Waals surface area contributed by atoms with Gasteiger partial charge in [-0.15, -0.1) is 0 Å². The molecule has 1 rings (SSSR count). The molecular formula is C13H14Cl2N2O3. The minimum absolute atomic E-state index is 0.135. The number of benzene rings is 1. The van der Waals surface area contributed by atoms with Crippen molar-refractivity contribution < 1.29 is 14.3 Å². The van der Waals surface area contributed by atoms with Crippen LogP contribution in [0.4, 0.5) is 4.79 Å². The molecule has 0 aliphatic heterocycles. The fourth-order valence-electron chi connectivity index (χ4n) is 1.29. The molecule has 0 bridgehead atoms. The number of carbonyl (C=O) groups excluding carboxylic acids is 2. The zero-order valence-corrected chi connectivity index (χ0v) is 12.1. The third-order valence-corrected chi connectivity index (χ3v) is 2.75. The smallest absolute Gasteiger partial charge is 0.407 e. The molecule has 0 spiro atoms. The molecule has 2 N–H and O–H groups in total. The SMILES string of the molecule is C=CCOC(=O)NCCNC(=O)c1cc(Cl)ccc1Cl. The topological polar surface area (TPSA) is 67.4 Å². The summed E-state index contributed by atoms with van der Waals surface area (Å²) in [6.45, 7) is 4.03. The molecule has 0 atom stereocenters. The van der Waals surface area contributed by atoms with E-state index in [1.807, 2.05) is 0 Å². The lowest BCUT2D eigenvalue weighted by atomic mass is 10.2. The molecule has 0 radical (unpaired) electrons. The highest BCUT2D eigenvalue weighted by atomic mass is 35.5. The monoisotopic (exact) mass is 316 g/mol. The number of nitrogens with one attached hydrogen (secondary N) is 2. The van der Waals surface area contributed by atoms with Crippen molar-refractivity contribution in [2.45, 2.75) is 0 Å². The quantitative estimate of drug-likeness (QED) is 0.626. The summed E-state index contributed by atoms with van der Waals surface area (Å²) in [7, 11) is 0. The van der Waals surface area contributed by atoms with E-state index in [0.717, 1.165) is 0 Å². The molecule has 1 aromatic carbocycles. The Balaban J connectivity index is 2.35. The predicted molar refractivity (Wildman–Crippen MR) is 78.3 cm³/mol. The van der Waals surface area contributed by atoms with E-state index in [9.17, 15) is 9.59 Å². The van der Waals surface area contributed by atoms with Gasteiger partial charge in [0.25, 0.3) is 5.91 Å². The summed E-state index contributed by atoms with van der Waals surface area (Å²) >= 11 is 11.7. The molecule has 20 heavy (non-hydrogen) atoms. The third-order valence-electron chi connectivity index (χ3n) is 2.19. The van der Waals surface area contributed by atoms with E-state index in [-0.39, 0.29) is 31.2 Å². The molecule has 0 aliphatic carbocycles. The maximum atomic E-state index is 11.8. The highest BCUT2D eigenvalue weighted by Gasteiger charge is 2.10. The lowest BCUT2D eigenvalue weighted by Crippen LogP contribution is -2.35. The standard InChI is InChI=1S/C13H14Cl2N2O3/c1-2-7-20-13(19)17-6-5-16-12(18)10-8-9(14)3-4-11(10)15/h2-4,8H,1,5-7H2,(H,16,18)(H,17,19). The van der Waals surface area contributed by atoms with Crippen LogP contribution >= 0.6 is 23.2 Å². The van der Waals surface area contributed by atoms with Crippen LogP contribution in [0.3, 0.4) is 0 Å². The molecule has 0 aromatic heterocycles.